The van der Waals surface area contributed by atoms with Crippen molar-refractivity contribution < 1.29 is 9.59 Å². The second kappa shape index (κ2) is 10.8. The van der Waals surface area contributed by atoms with Gasteiger partial charge >= 0.3 is 0 Å². The highest BCUT2D eigenvalue weighted by molar-refractivity contribution is 9.10. The maximum Gasteiger partial charge on any atom is 0.257 e. The Balaban J connectivity index is 1.55. The standard InChI is InChI=1S/C22H20BrN3O2S/c23-18-9-6-10-19(13-18)24-21(27)15-29-16-22(28)25-20-11-4-5-12-26(20)14-17-7-2-1-3-8-17/h1-13H,14-16H2,(H,24,27). The topological polar surface area (TPSA) is 63.5 Å². The molecule has 0 radical (unpaired) electrons. The number of pyridine rings is 1. The third-order valence-electron chi connectivity index (χ3n) is 3.92. The zero-order chi connectivity index (χ0) is 20.5. The fourth-order valence-corrected chi connectivity index (χ4v) is 3.64. The molecule has 5 nitrogen and oxygen atoms in total. The van der Waals surface area contributed by atoms with Crippen LogP contribution >= 0.6 is 27.7 Å². The third-order valence-corrected chi connectivity index (χ3v) is 5.33. The third kappa shape index (κ3) is 7.03. The molecule has 29 heavy (non-hydrogen) atoms. The minimum absolute atomic E-state index is 0.145. The molecule has 0 fully saturated rings. The van der Waals surface area contributed by atoms with E-state index < -0.39 is 0 Å². The predicted molar refractivity (Wildman–Crippen MR) is 121 cm³/mol. The molecule has 0 bridgehead atoms. The second-order valence-electron chi connectivity index (χ2n) is 6.23. The summed E-state index contributed by atoms with van der Waals surface area (Å²) in [5, 5.41) is 2.81. The molecule has 1 heterocycles. The van der Waals surface area contributed by atoms with Gasteiger partial charge in [0.05, 0.1) is 11.5 Å². The van der Waals surface area contributed by atoms with Crippen LogP contribution in [0.25, 0.3) is 0 Å². The van der Waals surface area contributed by atoms with Crippen molar-refractivity contribution in [3.05, 3.63) is 94.5 Å². The van der Waals surface area contributed by atoms with E-state index in [1.165, 1.54) is 11.8 Å². The summed E-state index contributed by atoms with van der Waals surface area (Å²) in [5.74, 6) is -0.0864. The van der Waals surface area contributed by atoms with E-state index in [2.05, 4.69) is 26.2 Å². The number of hydrogen-bond donors (Lipinski definition) is 1. The normalized spacial score (nSPS) is 11.3. The Morgan fingerprint density at radius 2 is 1.76 bits per heavy atom. The number of thioether (sulfide) groups is 1. The Bertz CT molecular complexity index is 1050. The summed E-state index contributed by atoms with van der Waals surface area (Å²) < 4.78 is 2.82. The molecular weight excluding hydrogens is 450 g/mol. The first kappa shape index (κ1) is 21.1. The van der Waals surface area contributed by atoms with Gasteiger partial charge in [0.15, 0.2) is 0 Å². The molecule has 2 aromatic carbocycles. The number of rotatable bonds is 7. The number of hydrogen-bond acceptors (Lipinski definition) is 3. The van der Waals surface area contributed by atoms with Crippen LogP contribution in [-0.2, 0) is 16.1 Å². The Hall–Kier alpha value is -2.64. The highest BCUT2D eigenvalue weighted by Gasteiger charge is 2.06. The van der Waals surface area contributed by atoms with Crippen LogP contribution in [0.4, 0.5) is 5.69 Å². The smallest absolute Gasteiger partial charge is 0.257 e. The lowest BCUT2D eigenvalue weighted by atomic mass is 10.2. The van der Waals surface area contributed by atoms with Crippen molar-refractivity contribution in [2.45, 2.75) is 6.54 Å². The van der Waals surface area contributed by atoms with E-state index in [9.17, 15) is 9.59 Å². The average molecular weight is 470 g/mol. The van der Waals surface area contributed by atoms with Crippen LogP contribution in [0.5, 0.6) is 0 Å². The highest BCUT2D eigenvalue weighted by atomic mass is 79.9. The Morgan fingerprint density at radius 3 is 2.55 bits per heavy atom. The summed E-state index contributed by atoms with van der Waals surface area (Å²) in [6, 6.07) is 22.9. The minimum Gasteiger partial charge on any atom is -0.328 e. The molecule has 148 valence electrons. The molecule has 0 saturated carbocycles. The van der Waals surface area contributed by atoms with Crippen LogP contribution in [0, 0.1) is 0 Å². The second-order valence-corrected chi connectivity index (χ2v) is 8.13. The van der Waals surface area contributed by atoms with Gasteiger partial charge in [-0.25, -0.2) is 0 Å². The quantitative estimate of drug-likeness (QED) is 0.566. The van der Waals surface area contributed by atoms with Gasteiger partial charge < -0.3 is 9.88 Å². The number of halogens is 1. The van der Waals surface area contributed by atoms with Gasteiger partial charge in [0.1, 0.15) is 5.49 Å². The van der Waals surface area contributed by atoms with Crippen LogP contribution < -0.4 is 10.8 Å². The Morgan fingerprint density at radius 1 is 0.966 bits per heavy atom. The molecule has 0 aliphatic heterocycles. The Labute approximate surface area is 182 Å². The summed E-state index contributed by atoms with van der Waals surface area (Å²) in [7, 11) is 0. The van der Waals surface area contributed by atoms with Crippen LogP contribution in [0.15, 0.2) is 88.5 Å². The highest BCUT2D eigenvalue weighted by Crippen LogP contribution is 2.16. The maximum absolute atomic E-state index is 12.3. The molecule has 0 aliphatic rings. The van der Waals surface area contributed by atoms with E-state index in [4.69, 9.17) is 0 Å². The molecular formula is C22H20BrN3O2S. The van der Waals surface area contributed by atoms with Gasteiger partial charge in [-0.15, -0.1) is 11.8 Å². The van der Waals surface area contributed by atoms with Crippen molar-refractivity contribution in [2.24, 2.45) is 4.99 Å². The van der Waals surface area contributed by atoms with Crippen molar-refractivity contribution in [2.75, 3.05) is 16.8 Å². The van der Waals surface area contributed by atoms with Crippen molar-refractivity contribution in [3.8, 4) is 0 Å². The number of benzene rings is 2. The van der Waals surface area contributed by atoms with Gasteiger partial charge in [0.25, 0.3) is 5.91 Å². The molecule has 3 rings (SSSR count). The molecule has 1 N–H and O–H groups in total. The summed E-state index contributed by atoms with van der Waals surface area (Å²) in [4.78, 5) is 28.5. The molecule has 0 spiro atoms. The number of nitrogens with zero attached hydrogens (tertiary/aromatic N) is 2. The molecule has 7 heteroatoms. The van der Waals surface area contributed by atoms with Gasteiger partial charge in [0.2, 0.25) is 5.91 Å². The molecule has 3 aromatic rings. The Kier molecular flexibility index (Phi) is 7.84. The van der Waals surface area contributed by atoms with Crippen molar-refractivity contribution >= 4 is 45.2 Å². The summed E-state index contributed by atoms with van der Waals surface area (Å²) >= 11 is 4.61. The minimum atomic E-state index is -0.265. The first-order chi connectivity index (χ1) is 14.1. The maximum atomic E-state index is 12.3. The van der Waals surface area contributed by atoms with Crippen molar-refractivity contribution in [3.63, 3.8) is 0 Å². The monoisotopic (exact) mass is 469 g/mol. The lowest BCUT2D eigenvalue weighted by Gasteiger charge is -2.07. The van der Waals surface area contributed by atoms with E-state index in [0.29, 0.717) is 17.7 Å². The van der Waals surface area contributed by atoms with E-state index in [0.717, 1.165) is 10.0 Å². The summed E-state index contributed by atoms with van der Waals surface area (Å²) in [5.41, 5.74) is 2.44. The molecule has 0 atom stereocenters. The molecule has 2 amide bonds. The van der Waals surface area contributed by atoms with E-state index in [1.807, 2.05) is 83.6 Å². The lowest BCUT2D eigenvalue weighted by Crippen LogP contribution is -2.22. The summed E-state index contributed by atoms with van der Waals surface area (Å²) in [6.07, 6.45) is 1.90. The first-order valence-electron chi connectivity index (χ1n) is 9.00. The number of carbonyl (C=O) groups excluding carboxylic acids is 2. The van der Waals surface area contributed by atoms with Crippen LogP contribution in [-0.4, -0.2) is 27.9 Å². The van der Waals surface area contributed by atoms with Crippen LogP contribution in [0.2, 0.25) is 0 Å². The predicted octanol–water partition coefficient (Wildman–Crippen LogP) is 4.10. The van der Waals surface area contributed by atoms with Crippen LogP contribution in [0.3, 0.4) is 0 Å². The van der Waals surface area contributed by atoms with Crippen LogP contribution in [0.1, 0.15) is 5.56 Å². The van der Waals surface area contributed by atoms with Gasteiger partial charge in [-0.1, -0.05) is 58.4 Å². The summed E-state index contributed by atoms with van der Waals surface area (Å²) in [6.45, 7) is 0.635. The van der Waals surface area contributed by atoms with E-state index >= 15 is 0 Å². The molecule has 0 saturated heterocycles. The molecule has 0 unspecified atom stereocenters. The van der Waals surface area contributed by atoms with Crippen molar-refractivity contribution in [1.29, 1.82) is 0 Å². The van der Waals surface area contributed by atoms with Crippen molar-refractivity contribution in [1.82, 2.24) is 4.57 Å². The molecule has 0 aliphatic carbocycles. The zero-order valence-corrected chi connectivity index (χ0v) is 18.0. The SMILES string of the molecule is O=C(CSCC(=O)Nc1cccc(Br)c1)N=c1ccccn1Cc1ccccc1. The number of nitrogens with one attached hydrogen (secondary N) is 1. The van der Waals surface area contributed by atoms with Gasteiger partial charge in [-0.3, -0.25) is 9.59 Å². The number of aromatic nitrogens is 1. The number of carbonyl (C=O) groups is 2. The number of anilines is 1. The van der Waals surface area contributed by atoms with E-state index in [1.54, 1.807) is 0 Å². The van der Waals surface area contributed by atoms with E-state index in [-0.39, 0.29) is 23.3 Å². The number of amides is 2. The largest absolute Gasteiger partial charge is 0.328 e. The molecule has 1 aromatic heterocycles. The fraction of sp³-hybridized carbons (Fsp3) is 0.136. The van der Waals surface area contributed by atoms with Gasteiger partial charge in [0, 0.05) is 22.9 Å². The zero-order valence-electron chi connectivity index (χ0n) is 15.6. The average Bonchev–Trinajstić information content (AvgIpc) is 2.70. The van der Waals surface area contributed by atoms with Gasteiger partial charge in [-0.2, -0.15) is 4.99 Å². The fourth-order valence-electron chi connectivity index (χ4n) is 2.64. The first-order valence-corrected chi connectivity index (χ1v) is 10.9. The van der Waals surface area contributed by atoms with Gasteiger partial charge in [-0.05, 0) is 35.9 Å². The lowest BCUT2D eigenvalue weighted by molar-refractivity contribution is -0.115.